The molecular formula is C17H24N2O3. The number of aliphatic hydroxyl groups is 1. The summed E-state index contributed by atoms with van der Waals surface area (Å²) in [6, 6.07) is 8.76. The van der Waals surface area contributed by atoms with Crippen LogP contribution in [0, 0.1) is 16.7 Å². The van der Waals surface area contributed by atoms with E-state index in [0.717, 1.165) is 5.56 Å². The molecule has 5 heteroatoms. The molecule has 0 saturated carbocycles. The highest BCUT2D eigenvalue weighted by Gasteiger charge is 2.19. The maximum atomic E-state index is 12.1. The molecule has 1 aromatic carbocycles. The molecule has 22 heavy (non-hydrogen) atoms. The third-order valence-electron chi connectivity index (χ3n) is 3.01. The second kappa shape index (κ2) is 8.40. The molecule has 0 spiro atoms. The lowest BCUT2D eigenvalue weighted by atomic mass is 9.88. The Hall–Kier alpha value is -2.06. The van der Waals surface area contributed by atoms with Crippen LogP contribution in [0.25, 0.3) is 0 Å². The Morgan fingerprint density at radius 3 is 2.77 bits per heavy atom. The van der Waals surface area contributed by atoms with Crippen molar-refractivity contribution in [2.45, 2.75) is 39.7 Å². The van der Waals surface area contributed by atoms with E-state index in [-0.39, 0.29) is 37.0 Å². The lowest BCUT2D eigenvalue weighted by molar-refractivity contribution is -0.121. The van der Waals surface area contributed by atoms with Gasteiger partial charge in [0.05, 0.1) is 19.1 Å². The minimum atomic E-state index is -0.245. The molecule has 1 amide bonds. The van der Waals surface area contributed by atoms with Crippen molar-refractivity contribution in [1.82, 2.24) is 5.32 Å². The first-order valence-electron chi connectivity index (χ1n) is 7.33. The molecule has 0 bridgehead atoms. The fraction of sp³-hybridized carbons (Fsp3) is 0.529. The van der Waals surface area contributed by atoms with Crippen LogP contribution in [0.2, 0.25) is 0 Å². The monoisotopic (exact) mass is 304 g/mol. The molecule has 0 heterocycles. The Labute approximate surface area is 131 Å². The van der Waals surface area contributed by atoms with Crippen molar-refractivity contribution in [3.63, 3.8) is 0 Å². The van der Waals surface area contributed by atoms with Crippen molar-refractivity contribution in [2.24, 2.45) is 5.41 Å². The van der Waals surface area contributed by atoms with Gasteiger partial charge in [-0.1, -0.05) is 32.9 Å². The van der Waals surface area contributed by atoms with E-state index in [1.807, 2.05) is 12.1 Å². The molecule has 2 N–H and O–H groups in total. The molecule has 0 aliphatic carbocycles. The van der Waals surface area contributed by atoms with Gasteiger partial charge in [-0.05, 0) is 29.5 Å². The number of hydrogen-bond donors (Lipinski definition) is 2. The average molecular weight is 304 g/mol. The molecule has 1 aromatic rings. The molecule has 0 aromatic heterocycles. The van der Waals surface area contributed by atoms with Crippen LogP contribution < -0.4 is 10.1 Å². The zero-order chi connectivity index (χ0) is 16.6. The fourth-order valence-corrected chi connectivity index (χ4v) is 2.23. The summed E-state index contributed by atoms with van der Waals surface area (Å²) in [5.41, 5.74) is 0.839. The van der Waals surface area contributed by atoms with Crippen molar-refractivity contribution in [1.29, 1.82) is 5.26 Å². The highest BCUT2D eigenvalue weighted by molar-refractivity contribution is 5.79. The number of nitriles is 1. The van der Waals surface area contributed by atoms with E-state index in [0.29, 0.717) is 12.2 Å². The Morgan fingerprint density at radius 2 is 2.18 bits per heavy atom. The van der Waals surface area contributed by atoms with Gasteiger partial charge in [0, 0.05) is 0 Å². The van der Waals surface area contributed by atoms with E-state index in [1.54, 1.807) is 18.2 Å². The first-order valence-corrected chi connectivity index (χ1v) is 7.33. The third-order valence-corrected chi connectivity index (χ3v) is 3.01. The van der Waals surface area contributed by atoms with E-state index >= 15 is 0 Å². The number of benzene rings is 1. The molecule has 1 unspecified atom stereocenters. The van der Waals surface area contributed by atoms with Gasteiger partial charge in [0.25, 0.3) is 0 Å². The Bertz CT molecular complexity index is 529. The van der Waals surface area contributed by atoms with E-state index in [4.69, 9.17) is 10.00 Å². The van der Waals surface area contributed by atoms with E-state index in [9.17, 15) is 9.90 Å². The number of rotatable bonds is 7. The van der Waals surface area contributed by atoms with Gasteiger partial charge >= 0.3 is 0 Å². The van der Waals surface area contributed by atoms with Gasteiger partial charge < -0.3 is 15.2 Å². The highest BCUT2D eigenvalue weighted by Crippen LogP contribution is 2.20. The number of carbonyl (C=O) groups is 1. The van der Waals surface area contributed by atoms with Gasteiger partial charge in [0.2, 0.25) is 5.91 Å². The normalized spacial score (nSPS) is 12.3. The molecule has 120 valence electrons. The fourth-order valence-electron chi connectivity index (χ4n) is 2.23. The quantitative estimate of drug-likeness (QED) is 0.807. The summed E-state index contributed by atoms with van der Waals surface area (Å²) in [5, 5.41) is 20.7. The van der Waals surface area contributed by atoms with Crippen LogP contribution in [0.15, 0.2) is 24.3 Å². The van der Waals surface area contributed by atoms with Crippen LogP contribution in [0.4, 0.5) is 0 Å². The topological polar surface area (TPSA) is 82.3 Å². The maximum absolute atomic E-state index is 12.1. The summed E-state index contributed by atoms with van der Waals surface area (Å²) in [4.78, 5) is 12.1. The Balaban J connectivity index is 2.59. The molecule has 1 rings (SSSR count). The van der Waals surface area contributed by atoms with Crippen molar-refractivity contribution in [3.8, 4) is 11.8 Å². The molecule has 0 radical (unpaired) electrons. The van der Waals surface area contributed by atoms with Crippen molar-refractivity contribution < 1.29 is 14.6 Å². The van der Waals surface area contributed by atoms with Crippen molar-refractivity contribution in [3.05, 3.63) is 29.8 Å². The molecular weight excluding hydrogens is 280 g/mol. The number of nitrogens with zero attached hydrogens (tertiary/aromatic N) is 1. The summed E-state index contributed by atoms with van der Waals surface area (Å²) in [5.74, 6) is 0.431. The first kappa shape index (κ1) is 18.0. The van der Waals surface area contributed by atoms with Crippen molar-refractivity contribution >= 4 is 5.91 Å². The van der Waals surface area contributed by atoms with E-state index < -0.39 is 0 Å². The lowest BCUT2D eigenvalue weighted by Gasteiger charge is -2.25. The summed E-state index contributed by atoms with van der Waals surface area (Å²) < 4.78 is 5.21. The van der Waals surface area contributed by atoms with E-state index in [2.05, 4.69) is 26.1 Å². The van der Waals surface area contributed by atoms with Gasteiger partial charge in [-0.25, -0.2) is 0 Å². The molecule has 0 aliphatic heterocycles. The summed E-state index contributed by atoms with van der Waals surface area (Å²) in [6.45, 7) is 6.11. The predicted octanol–water partition coefficient (Wildman–Crippen LogP) is 2.04. The largest absolute Gasteiger partial charge is 0.479 e. The second-order valence-corrected chi connectivity index (χ2v) is 6.48. The number of nitrogens with one attached hydrogen (secondary N) is 1. The smallest absolute Gasteiger partial charge is 0.224 e. The van der Waals surface area contributed by atoms with E-state index in [1.165, 1.54) is 0 Å². The lowest BCUT2D eigenvalue weighted by Crippen LogP contribution is -2.40. The highest BCUT2D eigenvalue weighted by atomic mass is 16.5. The Kier molecular flexibility index (Phi) is 6.87. The second-order valence-electron chi connectivity index (χ2n) is 6.48. The van der Waals surface area contributed by atoms with Crippen LogP contribution in [0.1, 0.15) is 32.8 Å². The minimum Gasteiger partial charge on any atom is -0.479 e. The van der Waals surface area contributed by atoms with Gasteiger partial charge in [0.15, 0.2) is 6.61 Å². The third kappa shape index (κ3) is 7.09. The number of hydrogen-bond acceptors (Lipinski definition) is 4. The molecule has 1 atom stereocenters. The van der Waals surface area contributed by atoms with Gasteiger partial charge in [-0.2, -0.15) is 5.26 Å². The maximum Gasteiger partial charge on any atom is 0.224 e. The van der Waals surface area contributed by atoms with Crippen molar-refractivity contribution in [2.75, 3.05) is 13.2 Å². The average Bonchev–Trinajstić information content (AvgIpc) is 2.43. The van der Waals surface area contributed by atoms with Crippen LogP contribution in [-0.2, 0) is 11.2 Å². The number of amides is 1. The summed E-state index contributed by atoms with van der Waals surface area (Å²) in [6.07, 6.45) is 0.922. The number of aliphatic hydroxyl groups excluding tert-OH is 1. The van der Waals surface area contributed by atoms with Crippen LogP contribution >= 0.6 is 0 Å². The molecule has 0 fully saturated rings. The zero-order valence-electron chi connectivity index (χ0n) is 13.4. The SMILES string of the molecule is CC(C)(C)CC(CO)NC(=O)Cc1cccc(OCC#N)c1. The van der Waals surface area contributed by atoms with Gasteiger partial charge in [-0.15, -0.1) is 0 Å². The molecule has 0 saturated heterocycles. The zero-order valence-corrected chi connectivity index (χ0v) is 13.4. The summed E-state index contributed by atoms with van der Waals surface area (Å²) in [7, 11) is 0. The summed E-state index contributed by atoms with van der Waals surface area (Å²) >= 11 is 0. The van der Waals surface area contributed by atoms with Gasteiger partial charge in [-0.3, -0.25) is 4.79 Å². The standard InChI is InChI=1S/C17H24N2O3/c1-17(2,3)11-14(12-20)19-16(21)10-13-5-4-6-15(9-13)22-8-7-18/h4-6,9,14,20H,8,10-12H2,1-3H3,(H,19,21). The predicted molar refractivity (Wildman–Crippen MR) is 84.3 cm³/mol. The minimum absolute atomic E-state index is 0.0200. The van der Waals surface area contributed by atoms with Gasteiger partial charge in [0.1, 0.15) is 11.8 Å². The Morgan fingerprint density at radius 1 is 1.45 bits per heavy atom. The molecule has 5 nitrogen and oxygen atoms in total. The first-order chi connectivity index (χ1) is 10.3. The van der Waals surface area contributed by atoms with Crippen LogP contribution in [-0.4, -0.2) is 30.3 Å². The van der Waals surface area contributed by atoms with Crippen LogP contribution in [0.3, 0.4) is 0 Å². The molecule has 0 aliphatic rings. The van der Waals surface area contributed by atoms with Crippen LogP contribution in [0.5, 0.6) is 5.75 Å². The number of carbonyl (C=O) groups excluding carboxylic acids is 1. The number of ether oxygens (including phenoxy) is 1.